The maximum Gasteiger partial charge on any atom is 0.224 e. The number of methoxy groups -OCH3 is 1. The zero-order valence-electron chi connectivity index (χ0n) is 14.1. The Morgan fingerprint density at radius 2 is 2.04 bits per heavy atom. The van der Waals surface area contributed by atoms with Crippen molar-refractivity contribution < 1.29 is 19.1 Å². The van der Waals surface area contributed by atoms with E-state index >= 15 is 0 Å². The molecule has 5 heteroatoms. The molecular weight excluding hydrogens is 306 g/mol. The summed E-state index contributed by atoms with van der Waals surface area (Å²) in [6, 6.07) is 5.57. The largest absolute Gasteiger partial charge is 0.497 e. The van der Waals surface area contributed by atoms with E-state index in [1.165, 1.54) is 12.8 Å². The molecule has 0 radical (unpaired) electrons. The average Bonchev–Trinajstić information content (AvgIpc) is 2.84. The SMILES string of the molecule is COc1ccc2c(CC(=O)NCC3(O)CCCCCC3)coc2c1. The summed E-state index contributed by atoms with van der Waals surface area (Å²) < 4.78 is 10.7. The number of hydrogen-bond acceptors (Lipinski definition) is 4. The van der Waals surface area contributed by atoms with Crippen LogP contribution in [0.4, 0.5) is 0 Å². The van der Waals surface area contributed by atoms with Crippen LogP contribution >= 0.6 is 0 Å². The van der Waals surface area contributed by atoms with Crippen LogP contribution in [0.25, 0.3) is 11.0 Å². The van der Waals surface area contributed by atoms with E-state index in [4.69, 9.17) is 9.15 Å². The molecule has 1 saturated carbocycles. The number of hydrogen-bond donors (Lipinski definition) is 2. The fraction of sp³-hybridized carbons (Fsp3) is 0.526. The molecule has 0 saturated heterocycles. The smallest absolute Gasteiger partial charge is 0.224 e. The molecule has 0 unspecified atom stereocenters. The van der Waals surface area contributed by atoms with Crippen molar-refractivity contribution in [1.82, 2.24) is 5.32 Å². The Balaban J connectivity index is 1.60. The lowest BCUT2D eigenvalue weighted by atomic mass is 9.94. The number of furan rings is 1. The maximum absolute atomic E-state index is 12.3. The van der Waals surface area contributed by atoms with Crippen molar-refractivity contribution in [2.45, 2.75) is 50.5 Å². The van der Waals surface area contributed by atoms with Gasteiger partial charge < -0.3 is 19.6 Å². The second-order valence-electron chi connectivity index (χ2n) is 6.72. The number of aliphatic hydroxyl groups is 1. The van der Waals surface area contributed by atoms with Crippen LogP contribution in [0.15, 0.2) is 28.9 Å². The van der Waals surface area contributed by atoms with Crippen LogP contribution < -0.4 is 10.1 Å². The molecule has 1 fully saturated rings. The van der Waals surface area contributed by atoms with Gasteiger partial charge in [0.25, 0.3) is 0 Å². The molecule has 0 atom stereocenters. The van der Waals surface area contributed by atoms with Gasteiger partial charge >= 0.3 is 0 Å². The summed E-state index contributed by atoms with van der Waals surface area (Å²) >= 11 is 0. The number of rotatable bonds is 5. The Bertz CT molecular complexity index is 698. The first-order chi connectivity index (χ1) is 11.6. The monoisotopic (exact) mass is 331 g/mol. The molecule has 0 bridgehead atoms. The molecule has 130 valence electrons. The van der Waals surface area contributed by atoms with E-state index in [2.05, 4.69) is 5.32 Å². The number of nitrogens with one attached hydrogen (secondary N) is 1. The van der Waals surface area contributed by atoms with E-state index in [9.17, 15) is 9.90 Å². The van der Waals surface area contributed by atoms with Gasteiger partial charge in [-0.1, -0.05) is 25.7 Å². The van der Waals surface area contributed by atoms with Gasteiger partial charge in [-0.25, -0.2) is 0 Å². The van der Waals surface area contributed by atoms with Gasteiger partial charge in [0.1, 0.15) is 11.3 Å². The minimum Gasteiger partial charge on any atom is -0.497 e. The molecule has 1 aliphatic rings. The molecule has 1 aromatic heterocycles. The van der Waals surface area contributed by atoms with Crippen LogP contribution in [-0.2, 0) is 11.2 Å². The lowest BCUT2D eigenvalue weighted by Gasteiger charge is -2.26. The van der Waals surface area contributed by atoms with Gasteiger partial charge in [0, 0.05) is 23.6 Å². The van der Waals surface area contributed by atoms with Gasteiger partial charge in [-0.3, -0.25) is 4.79 Å². The molecule has 1 aliphatic carbocycles. The van der Waals surface area contributed by atoms with Crippen LogP contribution in [0.2, 0.25) is 0 Å². The van der Waals surface area contributed by atoms with Crippen molar-refractivity contribution in [3.63, 3.8) is 0 Å². The minimum absolute atomic E-state index is 0.0915. The Morgan fingerprint density at radius 3 is 2.75 bits per heavy atom. The lowest BCUT2D eigenvalue weighted by Crippen LogP contribution is -2.43. The van der Waals surface area contributed by atoms with Crippen LogP contribution in [0, 0.1) is 0 Å². The van der Waals surface area contributed by atoms with Crippen LogP contribution in [0.5, 0.6) is 5.75 Å². The predicted octanol–water partition coefficient (Wildman–Crippen LogP) is 3.19. The van der Waals surface area contributed by atoms with Crippen molar-refractivity contribution in [3.8, 4) is 5.75 Å². The highest BCUT2D eigenvalue weighted by Gasteiger charge is 2.28. The predicted molar refractivity (Wildman–Crippen MR) is 92.1 cm³/mol. The van der Waals surface area contributed by atoms with Gasteiger partial charge in [-0.05, 0) is 25.0 Å². The van der Waals surface area contributed by atoms with E-state index < -0.39 is 5.60 Å². The second kappa shape index (κ2) is 7.26. The Kier molecular flexibility index (Phi) is 5.09. The van der Waals surface area contributed by atoms with E-state index in [1.54, 1.807) is 13.4 Å². The summed E-state index contributed by atoms with van der Waals surface area (Å²) in [7, 11) is 1.61. The summed E-state index contributed by atoms with van der Waals surface area (Å²) in [5.74, 6) is 0.634. The molecule has 1 amide bonds. The van der Waals surface area contributed by atoms with Crippen molar-refractivity contribution in [3.05, 3.63) is 30.0 Å². The van der Waals surface area contributed by atoms with Crippen molar-refractivity contribution in [1.29, 1.82) is 0 Å². The highest BCUT2D eigenvalue weighted by molar-refractivity contribution is 5.88. The van der Waals surface area contributed by atoms with E-state index in [1.807, 2.05) is 18.2 Å². The van der Waals surface area contributed by atoms with Crippen molar-refractivity contribution in [2.75, 3.05) is 13.7 Å². The first-order valence-electron chi connectivity index (χ1n) is 8.63. The van der Waals surface area contributed by atoms with Gasteiger partial charge in [-0.2, -0.15) is 0 Å². The molecule has 1 aromatic carbocycles. The standard InChI is InChI=1S/C19H25NO4/c1-23-15-6-7-16-14(12-24-17(16)11-15)10-18(21)20-13-19(22)8-4-2-3-5-9-19/h6-7,11-12,22H,2-5,8-10,13H2,1H3,(H,20,21). The number of amides is 1. The van der Waals surface area contributed by atoms with Crippen LogP contribution in [-0.4, -0.2) is 30.3 Å². The minimum atomic E-state index is -0.752. The summed E-state index contributed by atoms with van der Waals surface area (Å²) in [5.41, 5.74) is 0.801. The molecule has 0 aliphatic heterocycles. The highest BCUT2D eigenvalue weighted by atomic mass is 16.5. The Labute approximate surface area is 142 Å². The van der Waals surface area contributed by atoms with Gasteiger partial charge in [0.05, 0.1) is 25.4 Å². The maximum atomic E-state index is 12.3. The molecule has 3 rings (SSSR count). The summed E-state index contributed by atoms with van der Waals surface area (Å²) in [6.45, 7) is 0.329. The lowest BCUT2D eigenvalue weighted by molar-refractivity contribution is -0.121. The quantitative estimate of drug-likeness (QED) is 0.826. The topological polar surface area (TPSA) is 71.7 Å². The molecule has 1 heterocycles. The number of fused-ring (bicyclic) bond motifs is 1. The fourth-order valence-corrected chi connectivity index (χ4v) is 3.39. The summed E-state index contributed by atoms with van der Waals surface area (Å²) in [4.78, 5) is 12.3. The number of carbonyl (C=O) groups is 1. The number of benzene rings is 1. The molecular formula is C19H25NO4. The fourth-order valence-electron chi connectivity index (χ4n) is 3.39. The Morgan fingerprint density at radius 1 is 1.29 bits per heavy atom. The van der Waals surface area contributed by atoms with E-state index in [0.717, 1.165) is 42.4 Å². The van der Waals surface area contributed by atoms with E-state index in [0.29, 0.717) is 12.1 Å². The molecule has 5 nitrogen and oxygen atoms in total. The normalized spacial score (nSPS) is 17.4. The second-order valence-corrected chi connectivity index (χ2v) is 6.72. The molecule has 2 aromatic rings. The van der Waals surface area contributed by atoms with Crippen molar-refractivity contribution >= 4 is 16.9 Å². The third kappa shape index (κ3) is 3.90. The third-order valence-corrected chi connectivity index (χ3v) is 4.86. The van der Waals surface area contributed by atoms with Crippen LogP contribution in [0.1, 0.15) is 44.1 Å². The van der Waals surface area contributed by atoms with Gasteiger partial charge in [0.2, 0.25) is 5.91 Å². The summed E-state index contributed by atoms with van der Waals surface area (Å²) in [5, 5.41) is 14.4. The first kappa shape index (κ1) is 16.8. The zero-order valence-corrected chi connectivity index (χ0v) is 14.1. The average molecular weight is 331 g/mol. The molecule has 2 N–H and O–H groups in total. The first-order valence-corrected chi connectivity index (χ1v) is 8.63. The zero-order chi connectivity index (χ0) is 17.0. The van der Waals surface area contributed by atoms with E-state index in [-0.39, 0.29) is 12.3 Å². The number of carbonyl (C=O) groups excluding carboxylic acids is 1. The Hall–Kier alpha value is -2.01. The van der Waals surface area contributed by atoms with Gasteiger partial charge in [-0.15, -0.1) is 0 Å². The third-order valence-electron chi connectivity index (χ3n) is 4.86. The van der Waals surface area contributed by atoms with Crippen molar-refractivity contribution in [2.24, 2.45) is 0 Å². The number of ether oxygens (including phenoxy) is 1. The van der Waals surface area contributed by atoms with Gasteiger partial charge in [0.15, 0.2) is 0 Å². The molecule has 0 spiro atoms. The molecule has 24 heavy (non-hydrogen) atoms. The summed E-state index contributed by atoms with van der Waals surface area (Å²) in [6.07, 6.45) is 7.78. The highest BCUT2D eigenvalue weighted by Crippen LogP contribution is 2.27. The van der Waals surface area contributed by atoms with Crippen LogP contribution in [0.3, 0.4) is 0 Å².